The maximum absolute atomic E-state index is 5.41. The van der Waals surface area contributed by atoms with Crippen molar-refractivity contribution in [2.45, 2.75) is 32.1 Å². The van der Waals surface area contributed by atoms with Gasteiger partial charge in [0.2, 0.25) is 0 Å². The number of alkyl halides is 1. The van der Waals surface area contributed by atoms with E-state index in [0.717, 1.165) is 24.5 Å². The summed E-state index contributed by atoms with van der Waals surface area (Å²) in [6.45, 7) is 9.56. The van der Waals surface area contributed by atoms with E-state index < -0.39 is 0 Å². The summed E-state index contributed by atoms with van der Waals surface area (Å²) < 4.78 is 5.41. The van der Waals surface area contributed by atoms with Gasteiger partial charge in [0.1, 0.15) is 0 Å². The highest BCUT2D eigenvalue weighted by Crippen LogP contribution is 2.20. The third kappa shape index (κ3) is 6.11. The molecule has 4 heteroatoms. The molecule has 0 saturated carbocycles. The number of hydrogen-bond acceptors (Lipinski definition) is 3. The van der Waals surface area contributed by atoms with E-state index in [2.05, 4.69) is 25.7 Å². The van der Waals surface area contributed by atoms with Crippen LogP contribution in [-0.4, -0.2) is 67.6 Å². The summed E-state index contributed by atoms with van der Waals surface area (Å²) in [5.74, 6) is 0.949. The van der Waals surface area contributed by atoms with Crippen molar-refractivity contribution < 1.29 is 4.74 Å². The number of piperazine rings is 1. The maximum atomic E-state index is 5.41. The normalized spacial score (nSPS) is 23.8. The predicted octanol–water partition coefficient (Wildman–Crippen LogP) is 2.60. The predicted molar refractivity (Wildman–Crippen MR) is 84.1 cm³/mol. The van der Waals surface area contributed by atoms with E-state index in [4.69, 9.17) is 4.74 Å². The number of halogens is 1. The first-order chi connectivity index (χ1) is 9.38. The Morgan fingerprint density at radius 2 is 1.53 bits per heavy atom. The third-order valence-corrected chi connectivity index (χ3v) is 4.90. The van der Waals surface area contributed by atoms with Crippen molar-refractivity contribution in [2.75, 3.05) is 57.8 Å². The largest absolute Gasteiger partial charge is 0.381 e. The second-order valence-electron chi connectivity index (χ2n) is 5.92. The molecule has 2 rings (SSSR count). The molecule has 0 aromatic heterocycles. The molecule has 0 aromatic rings. The van der Waals surface area contributed by atoms with Crippen LogP contribution in [0.1, 0.15) is 32.1 Å². The molecule has 2 aliphatic heterocycles. The number of nitrogens with zero attached hydrogens (tertiary/aromatic N) is 2. The lowest BCUT2D eigenvalue weighted by atomic mass is 9.94. The Hall–Kier alpha value is 0.360. The first-order valence-electron chi connectivity index (χ1n) is 7.97. The monoisotopic (exact) mass is 332 g/mol. The van der Waals surface area contributed by atoms with Crippen LogP contribution < -0.4 is 0 Å². The number of unbranched alkanes of at least 4 members (excludes halogenated alkanes) is 1. The van der Waals surface area contributed by atoms with Crippen molar-refractivity contribution in [3.05, 3.63) is 0 Å². The Balaban J connectivity index is 1.47. The van der Waals surface area contributed by atoms with Crippen LogP contribution in [-0.2, 0) is 4.74 Å². The minimum absolute atomic E-state index is 0.949. The molecule has 0 atom stereocenters. The number of ether oxygens (including phenoxy) is 1. The average molecular weight is 333 g/mol. The second kappa shape index (κ2) is 9.32. The molecular weight excluding hydrogens is 304 g/mol. The van der Waals surface area contributed by atoms with Gasteiger partial charge in [0.05, 0.1) is 0 Å². The van der Waals surface area contributed by atoms with Gasteiger partial charge in [-0.05, 0) is 31.7 Å². The SMILES string of the molecule is BrCCN1CCN(CCCCC2CCOCC2)CC1. The summed E-state index contributed by atoms with van der Waals surface area (Å²) in [7, 11) is 0. The lowest BCUT2D eigenvalue weighted by Crippen LogP contribution is -2.47. The standard InChI is InChI=1S/C15H29BrN2O/c16-6-8-18-11-9-17(10-12-18)7-2-1-3-15-4-13-19-14-5-15/h15H,1-14H2. The van der Waals surface area contributed by atoms with Crippen LogP contribution in [0.3, 0.4) is 0 Å². The fraction of sp³-hybridized carbons (Fsp3) is 1.00. The highest BCUT2D eigenvalue weighted by Gasteiger charge is 2.16. The van der Waals surface area contributed by atoms with Crippen LogP contribution in [0.25, 0.3) is 0 Å². The van der Waals surface area contributed by atoms with Gasteiger partial charge in [-0.15, -0.1) is 0 Å². The molecule has 0 aromatic carbocycles. The van der Waals surface area contributed by atoms with Crippen LogP contribution in [0.5, 0.6) is 0 Å². The van der Waals surface area contributed by atoms with E-state index in [-0.39, 0.29) is 0 Å². The summed E-state index contributed by atoms with van der Waals surface area (Å²) in [4.78, 5) is 5.21. The summed E-state index contributed by atoms with van der Waals surface area (Å²) in [6, 6.07) is 0. The summed E-state index contributed by atoms with van der Waals surface area (Å²) >= 11 is 3.52. The molecule has 2 saturated heterocycles. The van der Waals surface area contributed by atoms with Gasteiger partial charge in [-0.25, -0.2) is 0 Å². The van der Waals surface area contributed by atoms with Gasteiger partial charge >= 0.3 is 0 Å². The average Bonchev–Trinajstić information content (AvgIpc) is 2.47. The first kappa shape index (κ1) is 15.7. The van der Waals surface area contributed by atoms with Gasteiger partial charge in [0.15, 0.2) is 0 Å². The number of rotatable bonds is 7. The van der Waals surface area contributed by atoms with Gasteiger partial charge in [0, 0.05) is 51.3 Å². The van der Waals surface area contributed by atoms with E-state index in [9.17, 15) is 0 Å². The van der Waals surface area contributed by atoms with E-state index in [1.54, 1.807) is 0 Å². The molecule has 2 fully saturated rings. The molecular formula is C15H29BrN2O. The maximum Gasteiger partial charge on any atom is 0.0468 e. The van der Waals surface area contributed by atoms with Crippen molar-refractivity contribution in [2.24, 2.45) is 5.92 Å². The highest BCUT2D eigenvalue weighted by molar-refractivity contribution is 9.09. The molecule has 112 valence electrons. The van der Waals surface area contributed by atoms with E-state index in [1.807, 2.05) is 0 Å². The van der Waals surface area contributed by atoms with E-state index >= 15 is 0 Å². The van der Waals surface area contributed by atoms with Crippen molar-refractivity contribution in [1.29, 1.82) is 0 Å². The molecule has 2 heterocycles. The summed E-state index contributed by atoms with van der Waals surface area (Å²) in [5, 5.41) is 1.11. The zero-order valence-electron chi connectivity index (χ0n) is 12.2. The van der Waals surface area contributed by atoms with Crippen LogP contribution in [0, 0.1) is 5.92 Å². The lowest BCUT2D eigenvalue weighted by molar-refractivity contribution is 0.0626. The molecule has 0 N–H and O–H groups in total. The molecule has 0 spiro atoms. The minimum Gasteiger partial charge on any atom is -0.381 e. The molecule has 0 bridgehead atoms. The Morgan fingerprint density at radius 3 is 2.16 bits per heavy atom. The van der Waals surface area contributed by atoms with Crippen molar-refractivity contribution in [1.82, 2.24) is 9.80 Å². The first-order valence-corrected chi connectivity index (χ1v) is 9.09. The molecule has 3 nitrogen and oxygen atoms in total. The van der Waals surface area contributed by atoms with E-state index in [0.29, 0.717) is 0 Å². The quantitative estimate of drug-likeness (QED) is 0.526. The third-order valence-electron chi connectivity index (χ3n) is 4.54. The smallest absolute Gasteiger partial charge is 0.0468 e. The topological polar surface area (TPSA) is 15.7 Å². The van der Waals surface area contributed by atoms with Gasteiger partial charge in [-0.3, -0.25) is 4.90 Å². The van der Waals surface area contributed by atoms with Crippen LogP contribution in [0.2, 0.25) is 0 Å². The lowest BCUT2D eigenvalue weighted by Gasteiger charge is -2.34. The van der Waals surface area contributed by atoms with E-state index in [1.165, 1.54) is 71.4 Å². The van der Waals surface area contributed by atoms with Gasteiger partial charge < -0.3 is 9.64 Å². The van der Waals surface area contributed by atoms with Crippen molar-refractivity contribution in [3.8, 4) is 0 Å². The fourth-order valence-corrected chi connectivity index (χ4v) is 3.66. The van der Waals surface area contributed by atoms with Gasteiger partial charge in [-0.1, -0.05) is 28.8 Å². The second-order valence-corrected chi connectivity index (χ2v) is 6.72. The van der Waals surface area contributed by atoms with Crippen LogP contribution >= 0.6 is 15.9 Å². The molecule has 0 unspecified atom stereocenters. The van der Waals surface area contributed by atoms with Gasteiger partial charge in [-0.2, -0.15) is 0 Å². The Kier molecular flexibility index (Phi) is 7.73. The Labute approximate surface area is 126 Å². The minimum atomic E-state index is 0.949. The van der Waals surface area contributed by atoms with Crippen molar-refractivity contribution in [3.63, 3.8) is 0 Å². The summed E-state index contributed by atoms with van der Waals surface area (Å²) in [6.07, 6.45) is 6.81. The molecule has 0 aliphatic carbocycles. The van der Waals surface area contributed by atoms with Crippen LogP contribution in [0.4, 0.5) is 0 Å². The molecule has 19 heavy (non-hydrogen) atoms. The van der Waals surface area contributed by atoms with Crippen molar-refractivity contribution >= 4 is 15.9 Å². The highest BCUT2D eigenvalue weighted by atomic mass is 79.9. The molecule has 0 radical (unpaired) electrons. The Bertz CT molecular complexity index is 226. The van der Waals surface area contributed by atoms with Crippen LogP contribution in [0.15, 0.2) is 0 Å². The van der Waals surface area contributed by atoms with Gasteiger partial charge in [0.25, 0.3) is 0 Å². The zero-order chi connectivity index (χ0) is 13.3. The Morgan fingerprint density at radius 1 is 0.895 bits per heavy atom. The zero-order valence-corrected chi connectivity index (χ0v) is 13.7. The molecule has 2 aliphatic rings. The number of hydrogen-bond donors (Lipinski definition) is 0. The molecule has 0 amide bonds. The summed E-state index contributed by atoms with van der Waals surface area (Å²) in [5.41, 5.74) is 0. The fourth-order valence-electron chi connectivity index (χ4n) is 3.16.